The Labute approximate surface area is 167 Å². The second-order valence-corrected chi connectivity index (χ2v) is 7.69. The molecule has 0 amide bonds. The Hall–Kier alpha value is -2.98. The van der Waals surface area contributed by atoms with Crippen LogP contribution < -0.4 is 9.80 Å². The maximum absolute atomic E-state index is 11.3. The maximum atomic E-state index is 11.3. The van der Waals surface area contributed by atoms with Crippen LogP contribution in [0.2, 0.25) is 0 Å². The van der Waals surface area contributed by atoms with Crippen LogP contribution in [0, 0.1) is 0 Å². The molecule has 4 heteroatoms. The molecular formula is C24H28N2O2. The third kappa shape index (κ3) is 3.82. The summed E-state index contributed by atoms with van der Waals surface area (Å²) >= 11 is 0. The van der Waals surface area contributed by atoms with E-state index in [-0.39, 0.29) is 5.75 Å². The third-order valence-corrected chi connectivity index (χ3v) is 5.18. The van der Waals surface area contributed by atoms with Gasteiger partial charge in [0.1, 0.15) is 11.4 Å². The number of benzene rings is 3. The molecule has 0 fully saturated rings. The van der Waals surface area contributed by atoms with Crippen LogP contribution in [-0.2, 0) is 5.60 Å². The van der Waals surface area contributed by atoms with E-state index in [9.17, 15) is 10.2 Å². The number of phenols is 1. The summed E-state index contributed by atoms with van der Waals surface area (Å²) in [4.78, 5) is 4.06. The van der Waals surface area contributed by atoms with Gasteiger partial charge in [0.2, 0.25) is 0 Å². The lowest BCUT2D eigenvalue weighted by atomic mass is 9.86. The number of hydrogen-bond acceptors (Lipinski definition) is 4. The summed E-state index contributed by atoms with van der Waals surface area (Å²) in [5, 5.41) is 21.7. The van der Waals surface area contributed by atoms with Crippen LogP contribution in [0.15, 0.2) is 66.7 Å². The quantitative estimate of drug-likeness (QED) is 0.691. The van der Waals surface area contributed by atoms with Crippen molar-refractivity contribution in [1.82, 2.24) is 0 Å². The van der Waals surface area contributed by atoms with E-state index in [4.69, 9.17) is 0 Å². The van der Waals surface area contributed by atoms with Gasteiger partial charge in [0, 0.05) is 45.1 Å². The van der Waals surface area contributed by atoms with Gasteiger partial charge < -0.3 is 20.0 Å². The average Bonchev–Trinajstić information content (AvgIpc) is 2.68. The van der Waals surface area contributed by atoms with Crippen LogP contribution in [0.4, 0.5) is 11.4 Å². The fraction of sp³-hybridized carbons (Fsp3) is 0.250. The largest absolute Gasteiger partial charge is 0.508 e. The maximum Gasteiger partial charge on any atom is 0.122 e. The van der Waals surface area contributed by atoms with Crippen LogP contribution in [0.3, 0.4) is 0 Å². The van der Waals surface area contributed by atoms with Crippen molar-refractivity contribution in [3.63, 3.8) is 0 Å². The van der Waals surface area contributed by atoms with Crippen LogP contribution >= 0.6 is 0 Å². The van der Waals surface area contributed by atoms with Gasteiger partial charge >= 0.3 is 0 Å². The molecule has 0 aliphatic rings. The van der Waals surface area contributed by atoms with Crippen LogP contribution in [0.1, 0.15) is 18.1 Å². The monoisotopic (exact) mass is 376 g/mol. The predicted molar refractivity (Wildman–Crippen MR) is 117 cm³/mol. The predicted octanol–water partition coefficient (Wildman–Crippen LogP) is 4.45. The van der Waals surface area contributed by atoms with E-state index in [2.05, 4.69) is 12.1 Å². The number of hydrogen-bond donors (Lipinski definition) is 2. The van der Waals surface area contributed by atoms with E-state index in [0.29, 0.717) is 5.56 Å². The van der Waals surface area contributed by atoms with Gasteiger partial charge in [0.15, 0.2) is 0 Å². The highest BCUT2D eigenvalue weighted by Gasteiger charge is 2.29. The minimum atomic E-state index is -1.31. The second-order valence-electron chi connectivity index (χ2n) is 7.69. The molecule has 1 unspecified atom stereocenters. The Balaban J connectivity index is 2.00. The van der Waals surface area contributed by atoms with Crippen molar-refractivity contribution in [2.24, 2.45) is 0 Å². The molecular weight excluding hydrogens is 348 g/mol. The second kappa shape index (κ2) is 7.56. The van der Waals surface area contributed by atoms with Crippen molar-refractivity contribution >= 4 is 11.4 Å². The van der Waals surface area contributed by atoms with E-state index in [1.165, 1.54) is 0 Å². The highest BCUT2D eigenvalue weighted by atomic mass is 16.3. The molecule has 0 aromatic heterocycles. The van der Waals surface area contributed by atoms with Crippen LogP contribution in [0.25, 0.3) is 11.1 Å². The van der Waals surface area contributed by atoms with E-state index < -0.39 is 5.60 Å². The average molecular weight is 377 g/mol. The molecule has 28 heavy (non-hydrogen) atoms. The summed E-state index contributed by atoms with van der Waals surface area (Å²) in [6.45, 7) is 1.71. The molecule has 0 radical (unpaired) electrons. The Kier molecular flexibility index (Phi) is 5.34. The fourth-order valence-corrected chi connectivity index (χ4v) is 3.30. The number of aliphatic hydroxyl groups is 1. The number of aromatic hydroxyl groups is 1. The lowest BCUT2D eigenvalue weighted by Crippen LogP contribution is -2.23. The fourth-order valence-electron chi connectivity index (χ4n) is 3.30. The Bertz CT molecular complexity index is 943. The number of phenolic OH excluding ortho intramolecular Hbond substituents is 1. The first-order valence-corrected chi connectivity index (χ1v) is 9.31. The minimum absolute atomic E-state index is 0.0790. The molecule has 0 saturated carbocycles. The molecule has 3 rings (SSSR count). The number of rotatable bonds is 5. The van der Waals surface area contributed by atoms with Gasteiger partial charge in [-0.1, -0.05) is 30.3 Å². The topological polar surface area (TPSA) is 46.9 Å². The normalized spacial score (nSPS) is 13.1. The summed E-state index contributed by atoms with van der Waals surface area (Å²) in [5.74, 6) is 0.0790. The Morgan fingerprint density at radius 1 is 0.679 bits per heavy atom. The minimum Gasteiger partial charge on any atom is -0.508 e. The highest BCUT2D eigenvalue weighted by Crippen LogP contribution is 2.38. The van der Waals surface area contributed by atoms with Gasteiger partial charge in [-0.25, -0.2) is 0 Å². The van der Waals surface area contributed by atoms with E-state index in [1.54, 1.807) is 13.0 Å². The van der Waals surface area contributed by atoms with Gasteiger partial charge in [-0.3, -0.25) is 0 Å². The molecule has 0 aliphatic carbocycles. The van der Waals surface area contributed by atoms with Crippen molar-refractivity contribution in [3.8, 4) is 16.9 Å². The third-order valence-electron chi connectivity index (χ3n) is 5.18. The summed E-state index contributed by atoms with van der Waals surface area (Å²) < 4.78 is 0. The van der Waals surface area contributed by atoms with Crippen molar-refractivity contribution in [1.29, 1.82) is 0 Å². The van der Waals surface area contributed by atoms with Gasteiger partial charge in [-0.05, 0) is 60.0 Å². The van der Waals surface area contributed by atoms with Crippen molar-refractivity contribution in [3.05, 3.63) is 77.9 Å². The molecule has 4 nitrogen and oxygen atoms in total. The van der Waals surface area contributed by atoms with Gasteiger partial charge in [0.05, 0.1) is 0 Å². The van der Waals surface area contributed by atoms with Gasteiger partial charge in [-0.15, -0.1) is 0 Å². The first-order valence-electron chi connectivity index (χ1n) is 9.31. The molecule has 0 heterocycles. The molecule has 0 bridgehead atoms. The first-order chi connectivity index (χ1) is 13.2. The van der Waals surface area contributed by atoms with Gasteiger partial charge in [-0.2, -0.15) is 0 Å². The zero-order chi connectivity index (χ0) is 20.5. The highest BCUT2D eigenvalue weighted by molar-refractivity contribution is 5.69. The Morgan fingerprint density at radius 3 is 1.64 bits per heavy atom. The van der Waals surface area contributed by atoms with Crippen molar-refractivity contribution in [2.45, 2.75) is 12.5 Å². The van der Waals surface area contributed by atoms with Crippen molar-refractivity contribution < 1.29 is 10.2 Å². The molecule has 146 valence electrons. The van der Waals surface area contributed by atoms with Gasteiger partial charge in [0.25, 0.3) is 0 Å². The Morgan fingerprint density at radius 2 is 1.14 bits per heavy atom. The van der Waals surface area contributed by atoms with E-state index in [1.807, 2.05) is 86.5 Å². The van der Waals surface area contributed by atoms with E-state index >= 15 is 0 Å². The number of nitrogens with zero attached hydrogens (tertiary/aromatic N) is 2. The first kappa shape index (κ1) is 19.8. The SMILES string of the molecule is CN(C)c1ccc(-c2ccc(O)c(C(C)(O)c3ccc(N(C)C)cc3)c2)cc1. The summed E-state index contributed by atoms with van der Waals surface area (Å²) in [6.07, 6.45) is 0. The van der Waals surface area contributed by atoms with E-state index in [0.717, 1.165) is 28.1 Å². The van der Waals surface area contributed by atoms with Crippen LogP contribution in [-0.4, -0.2) is 38.4 Å². The zero-order valence-corrected chi connectivity index (χ0v) is 17.1. The summed E-state index contributed by atoms with van der Waals surface area (Å²) in [5.41, 5.74) is 4.06. The molecule has 2 N–H and O–H groups in total. The zero-order valence-electron chi connectivity index (χ0n) is 17.1. The lowest BCUT2D eigenvalue weighted by molar-refractivity contribution is 0.0992. The molecule has 3 aromatic carbocycles. The molecule has 0 saturated heterocycles. The summed E-state index contributed by atoms with van der Waals surface area (Å²) in [6, 6.07) is 21.3. The van der Waals surface area contributed by atoms with Crippen LogP contribution in [0.5, 0.6) is 5.75 Å². The van der Waals surface area contributed by atoms with Crippen molar-refractivity contribution in [2.75, 3.05) is 38.0 Å². The lowest BCUT2D eigenvalue weighted by Gasteiger charge is -2.27. The summed E-state index contributed by atoms with van der Waals surface area (Å²) in [7, 11) is 7.97. The molecule has 0 aliphatic heterocycles. The molecule has 1 atom stereocenters. The molecule has 0 spiro atoms. The molecule has 3 aromatic rings. The standard InChI is InChI=1S/C24H28N2O2/c1-24(28,19-9-13-21(14-10-19)26(4)5)22-16-18(8-15-23(22)27)17-6-11-20(12-7-17)25(2)3/h6-16,27-28H,1-5H3. The smallest absolute Gasteiger partial charge is 0.122 e. The number of anilines is 2.